The average molecular weight is 552 g/mol. The summed E-state index contributed by atoms with van der Waals surface area (Å²) in [5, 5.41) is 12.6. The number of thioether (sulfide) groups is 1. The summed E-state index contributed by atoms with van der Waals surface area (Å²) in [6.07, 6.45) is 1.70. The van der Waals surface area contributed by atoms with Gasteiger partial charge >= 0.3 is 5.63 Å². The first-order valence-corrected chi connectivity index (χ1v) is 12.1. The third-order valence-corrected chi connectivity index (χ3v) is 6.84. The van der Waals surface area contributed by atoms with Gasteiger partial charge in [0.1, 0.15) is 11.4 Å². The summed E-state index contributed by atoms with van der Waals surface area (Å²) >= 11 is 4.55. The summed E-state index contributed by atoms with van der Waals surface area (Å²) in [6, 6.07) is 20.1. The Balaban J connectivity index is 1.60. The molecule has 2 heterocycles. The number of nitrogens with zero attached hydrogens (tertiary/aromatic N) is 3. The molecule has 3 aromatic carbocycles. The van der Waals surface area contributed by atoms with Crippen LogP contribution < -0.4 is 5.63 Å². The second kappa shape index (κ2) is 9.47. The zero-order valence-electron chi connectivity index (χ0n) is 17.9. The number of nitro groups is 1. The minimum atomic E-state index is -0.663. The molecule has 0 saturated heterocycles. The molecule has 10 heteroatoms. The number of imidazole rings is 1. The maximum absolute atomic E-state index is 14.4. The molecule has 7 nitrogen and oxygen atoms in total. The molecule has 0 atom stereocenters. The monoisotopic (exact) mass is 551 g/mol. The molecule has 0 N–H and O–H groups in total. The van der Waals surface area contributed by atoms with Crippen LogP contribution in [0.1, 0.15) is 5.56 Å². The zero-order valence-corrected chi connectivity index (χ0v) is 20.3. The van der Waals surface area contributed by atoms with Crippen LogP contribution in [0.2, 0.25) is 0 Å². The van der Waals surface area contributed by atoms with E-state index in [2.05, 4.69) is 20.9 Å². The molecule has 2 aromatic heterocycles. The predicted molar refractivity (Wildman–Crippen MR) is 135 cm³/mol. The van der Waals surface area contributed by atoms with Crippen molar-refractivity contribution in [1.29, 1.82) is 0 Å². The molecule has 0 spiro atoms. The van der Waals surface area contributed by atoms with Crippen molar-refractivity contribution in [3.63, 3.8) is 0 Å². The highest BCUT2D eigenvalue weighted by Crippen LogP contribution is 2.33. The Morgan fingerprint density at radius 1 is 1.09 bits per heavy atom. The van der Waals surface area contributed by atoms with Gasteiger partial charge in [0.05, 0.1) is 21.7 Å². The van der Waals surface area contributed by atoms with Gasteiger partial charge in [0.25, 0.3) is 5.69 Å². The Morgan fingerprint density at radius 2 is 1.86 bits per heavy atom. The maximum Gasteiger partial charge on any atom is 0.345 e. The number of benzene rings is 3. The lowest BCUT2D eigenvalue weighted by Crippen LogP contribution is -2.02. The quantitative estimate of drug-likeness (QED) is 0.100. The van der Waals surface area contributed by atoms with Gasteiger partial charge < -0.3 is 4.42 Å². The SMILES string of the molecule is O=c1oc2ccccc2cc1-c1cn(-c2ccc(Br)cc2)c(SCc2c(F)cccc2[N+](=O)[O-])n1. The summed E-state index contributed by atoms with van der Waals surface area (Å²) in [4.78, 5) is 28.1. The molecule has 0 aliphatic rings. The molecular formula is C25H15BrFN3O4S. The normalized spacial score (nSPS) is 11.1. The van der Waals surface area contributed by atoms with Gasteiger partial charge in [-0.1, -0.05) is 52.0 Å². The molecule has 0 amide bonds. The first kappa shape index (κ1) is 23.0. The topological polar surface area (TPSA) is 91.2 Å². The van der Waals surface area contributed by atoms with E-state index in [9.17, 15) is 19.3 Å². The molecule has 0 unspecified atom stereocenters. The Bertz CT molecular complexity index is 1630. The second-order valence-electron chi connectivity index (χ2n) is 7.52. The smallest absolute Gasteiger partial charge is 0.345 e. The van der Waals surface area contributed by atoms with E-state index in [1.165, 1.54) is 18.2 Å². The number of aromatic nitrogens is 2. The Labute approximate surface area is 210 Å². The van der Waals surface area contributed by atoms with E-state index < -0.39 is 16.4 Å². The molecule has 0 aliphatic carbocycles. The standard InChI is InChI=1S/C25H15BrFN3O4S/c26-16-8-10-17(11-9-16)29-13-21(18-12-15-4-1-2-7-23(15)34-24(18)31)28-25(29)35-14-19-20(27)5-3-6-22(19)30(32)33/h1-13H,14H2. The lowest BCUT2D eigenvalue weighted by molar-refractivity contribution is -0.385. The summed E-state index contributed by atoms with van der Waals surface area (Å²) in [5.74, 6) is -0.689. The predicted octanol–water partition coefficient (Wildman–Crippen LogP) is 6.75. The number of hydrogen-bond donors (Lipinski definition) is 0. The Kier molecular flexibility index (Phi) is 6.23. The molecule has 35 heavy (non-hydrogen) atoms. The fourth-order valence-electron chi connectivity index (χ4n) is 3.62. The van der Waals surface area contributed by atoms with Gasteiger partial charge in [0, 0.05) is 33.6 Å². The second-order valence-corrected chi connectivity index (χ2v) is 9.38. The molecule has 0 saturated carbocycles. The molecular weight excluding hydrogens is 537 g/mol. The van der Waals surface area contributed by atoms with E-state index in [1.807, 2.05) is 36.4 Å². The summed E-state index contributed by atoms with van der Waals surface area (Å²) < 4.78 is 22.6. The van der Waals surface area contributed by atoms with E-state index in [1.54, 1.807) is 29.0 Å². The fourth-order valence-corrected chi connectivity index (χ4v) is 4.90. The largest absolute Gasteiger partial charge is 0.422 e. The molecule has 5 aromatic rings. The van der Waals surface area contributed by atoms with E-state index in [0.717, 1.165) is 27.3 Å². The molecule has 0 radical (unpaired) electrons. The molecule has 0 fully saturated rings. The lowest BCUT2D eigenvalue weighted by Gasteiger charge is -2.08. The van der Waals surface area contributed by atoms with Crippen LogP contribution in [-0.4, -0.2) is 14.5 Å². The van der Waals surface area contributed by atoms with Crippen LogP contribution in [0.4, 0.5) is 10.1 Å². The Morgan fingerprint density at radius 3 is 2.63 bits per heavy atom. The van der Waals surface area contributed by atoms with Crippen LogP contribution in [0, 0.1) is 15.9 Å². The van der Waals surface area contributed by atoms with Crippen LogP contribution in [0.5, 0.6) is 0 Å². The number of hydrogen-bond acceptors (Lipinski definition) is 6. The lowest BCUT2D eigenvalue weighted by atomic mass is 10.1. The summed E-state index contributed by atoms with van der Waals surface area (Å²) in [5.41, 5.74) is 1.01. The highest BCUT2D eigenvalue weighted by molar-refractivity contribution is 9.10. The van der Waals surface area contributed by atoms with Crippen molar-refractivity contribution in [3.8, 4) is 16.9 Å². The zero-order chi connectivity index (χ0) is 24.5. The van der Waals surface area contributed by atoms with Gasteiger partial charge in [-0.15, -0.1) is 0 Å². The van der Waals surface area contributed by atoms with Crippen molar-refractivity contribution in [2.75, 3.05) is 0 Å². The van der Waals surface area contributed by atoms with E-state index >= 15 is 0 Å². The number of nitro benzene ring substituents is 1. The summed E-state index contributed by atoms with van der Waals surface area (Å²) in [7, 11) is 0. The van der Waals surface area contributed by atoms with Crippen LogP contribution >= 0.6 is 27.7 Å². The average Bonchev–Trinajstić information content (AvgIpc) is 3.27. The number of halogens is 2. The first-order valence-electron chi connectivity index (χ1n) is 10.3. The van der Waals surface area contributed by atoms with Gasteiger partial charge in [0.15, 0.2) is 5.16 Å². The van der Waals surface area contributed by atoms with Crippen molar-refractivity contribution in [1.82, 2.24) is 9.55 Å². The van der Waals surface area contributed by atoms with Gasteiger partial charge in [-0.3, -0.25) is 14.7 Å². The van der Waals surface area contributed by atoms with E-state index in [4.69, 9.17) is 4.42 Å². The van der Waals surface area contributed by atoms with E-state index in [-0.39, 0.29) is 22.6 Å². The highest BCUT2D eigenvalue weighted by Gasteiger charge is 2.21. The van der Waals surface area contributed by atoms with Crippen LogP contribution in [-0.2, 0) is 5.75 Å². The van der Waals surface area contributed by atoms with Gasteiger partial charge in [0.2, 0.25) is 0 Å². The van der Waals surface area contributed by atoms with Crippen molar-refractivity contribution >= 4 is 44.3 Å². The molecule has 0 bridgehead atoms. The minimum Gasteiger partial charge on any atom is -0.422 e. The Hall–Kier alpha value is -3.76. The van der Waals surface area contributed by atoms with Gasteiger partial charge in [-0.05, 0) is 42.5 Å². The number of rotatable bonds is 6. The van der Waals surface area contributed by atoms with Crippen LogP contribution in [0.3, 0.4) is 0 Å². The molecule has 174 valence electrons. The van der Waals surface area contributed by atoms with Crippen molar-refractivity contribution < 1.29 is 13.7 Å². The van der Waals surface area contributed by atoms with Crippen LogP contribution in [0.25, 0.3) is 27.9 Å². The van der Waals surface area contributed by atoms with Gasteiger partial charge in [-0.25, -0.2) is 14.2 Å². The summed E-state index contributed by atoms with van der Waals surface area (Å²) in [6.45, 7) is 0. The van der Waals surface area contributed by atoms with Gasteiger partial charge in [-0.2, -0.15) is 0 Å². The van der Waals surface area contributed by atoms with Crippen LogP contribution in [0.15, 0.2) is 97.8 Å². The molecule has 5 rings (SSSR count). The minimum absolute atomic E-state index is 0.0255. The number of para-hydroxylation sites is 1. The third kappa shape index (κ3) is 4.62. The first-order chi connectivity index (χ1) is 16.9. The maximum atomic E-state index is 14.4. The van der Waals surface area contributed by atoms with Crippen molar-refractivity contribution in [2.24, 2.45) is 0 Å². The highest BCUT2D eigenvalue weighted by atomic mass is 79.9. The molecule has 0 aliphatic heterocycles. The van der Waals surface area contributed by atoms with E-state index in [0.29, 0.717) is 16.4 Å². The van der Waals surface area contributed by atoms with Crippen molar-refractivity contribution in [2.45, 2.75) is 10.9 Å². The van der Waals surface area contributed by atoms with Crippen molar-refractivity contribution in [3.05, 3.63) is 115 Å². The fraction of sp³-hybridized carbons (Fsp3) is 0.0400. The number of fused-ring (bicyclic) bond motifs is 1. The third-order valence-electron chi connectivity index (χ3n) is 5.33.